The number of para-hydroxylation sites is 1. The van der Waals surface area contributed by atoms with E-state index in [1.165, 1.54) is 0 Å². The molecule has 0 bridgehead atoms. The molecule has 0 saturated heterocycles. The van der Waals surface area contributed by atoms with Crippen LogP contribution in [0.1, 0.15) is 12.5 Å². The zero-order chi connectivity index (χ0) is 13.4. The molecule has 98 valence electrons. The molecule has 0 N–H and O–H groups in total. The maximum Gasteiger partial charge on any atom is 0.335 e. The predicted molar refractivity (Wildman–Crippen MR) is 67.8 cm³/mol. The molecule has 2 aliphatic heterocycles. The van der Waals surface area contributed by atoms with Gasteiger partial charge in [-0.25, -0.2) is 9.59 Å². The van der Waals surface area contributed by atoms with Crippen LogP contribution < -0.4 is 9.64 Å². The molecule has 1 aromatic carbocycles. The molecule has 2 heterocycles. The minimum Gasteiger partial charge on any atom is -0.463 e. The lowest BCUT2D eigenvalue weighted by Crippen LogP contribution is -2.36. The van der Waals surface area contributed by atoms with Crippen LogP contribution in [0.15, 0.2) is 30.0 Å². The van der Waals surface area contributed by atoms with Crippen molar-refractivity contribution in [2.45, 2.75) is 13.3 Å². The number of hydrogen-bond acceptors (Lipinski definition) is 5. The van der Waals surface area contributed by atoms with E-state index >= 15 is 0 Å². The van der Waals surface area contributed by atoms with Gasteiger partial charge >= 0.3 is 11.9 Å². The van der Waals surface area contributed by atoms with Crippen LogP contribution in [0.5, 0.6) is 5.75 Å². The summed E-state index contributed by atoms with van der Waals surface area (Å²) in [4.78, 5) is 25.1. The van der Waals surface area contributed by atoms with Gasteiger partial charge in [0.1, 0.15) is 6.54 Å². The third-order valence-electron chi connectivity index (χ3n) is 3.12. The molecule has 0 radical (unpaired) electrons. The second-order valence-corrected chi connectivity index (χ2v) is 4.42. The van der Waals surface area contributed by atoms with Crippen molar-refractivity contribution in [2.24, 2.45) is 0 Å². The van der Waals surface area contributed by atoms with Gasteiger partial charge in [-0.05, 0) is 18.6 Å². The third kappa shape index (κ3) is 1.97. The molecule has 0 fully saturated rings. The van der Waals surface area contributed by atoms with E-state index in [1.54, 1.807) is 24.1 Å². The fourth-order valence-corrected chi connectivity index (χ4v) is 2.39. The summed E-state index contributed by atoms with van der Waals surface area (Å²) in [5.74, 6) is -0.114. The molecule has 5 heteroatoms. The Morgan fingerprint density at radius 1 is 1.47 bits per heavy atom. The summed E-state index contributed by atoms with van der Waals surface area (Å²) in [6.45, 7) is 2.23. The Kier molecular flexibility index (Phi) is 2.74. The van der Waals surface area contributed by atoms with Gasteiger partial charge in [-0.1, -0.05) is 12.1 Å². The molecule has 0 aliphatic carbocycles. The molecule has 0 unspecified atom stereocenters. The highest BCUT2D eigenvalue weighted by molar-refractivity contribution is 5.94. The minimum atomic E-state index is -0.336. The molecule has 0 atom stereocenters. The van der Waals surface area contributed by atoms with Gasteiger partial charge in [0.05, 0.1) is 17.9 Å². The monoisotopic (exact) mass is 259 g/mol. The molecular formula is C14H13NO4. The van der Waals surface area contributed by atoms with E-state index in [0.29, 0.717) is 24.4 Å². The second-order valence-electron chi connectivity index (χ2n) is 4.42. The van der Waals surface area contributed by atoms with Crippen molar-refractivity contribution >= 4 is 17.6 Å². The lowest BCUT2D eigenvalue weighted by atomic mass is 9.98. The van der Waals surface area contributed by atoms with Crippen molar-refractivity contribution in [3.05, 3.63) is 35.5 Å². The first-order chi connectivity index (χ1) is 9.19. The van der Waals surface area contributed by atoms with Crippen LogP contribution in [-0.2, 0) is 20.7 Å². The van der Waals surface area contributed by atoms with Gasteiger partial charge in [-0.15, -0.1) is 0 Å². The summed E-state index contributed by atoms with van der Waals surface area (Å²) in [5, 5.41) is 0. The molecule has 2 aliphatic rings. The quantitative estimate of drug-likeness (QED) is 0.594. The number of carbonyl (C=O) groups excluding carboxylic acids is 2. The molecule has 0 spiro atoms. The van der Waals surface area contributed by atoms with Crippen molar-refractivity contribution < 1.29 is 19.1 Å². The Morgan fingerprint density at radius 2 is 2.32 bits per heavy atom. The predicted octanol–water partition coefficient (Wildman–Crippen LogP) is 1.42. The summed E-state index contributed by atoms with van der Waals surface area (Å²) >= 11 is 0. The number of ether oxygens (including phenoxy) is 2. The summed E-state index contributed by atoms with van der Waals surface area (Å²) in [5.41, 5.74) is 2.40. The lowest BCUT2D eigenvalue weighted by Gasteiger charge is -2.32. The van der Waals surface area contributed by atoms with Crippen LogP contribution in [0.4, 0.5) is 5.69 Å². The van der Waals surface area contributed by atoms with Gasteiger partial charge in [0, 0.05) is 12.6 Å². The van der Waals surface area contributed by atoms with E-state index in [9.17, 15) is 9.59 Å². The standard InChI is InChI=1S/C14H13NO4/c1-2-18-14(17)10-6-9-4-3-5-11-13(9)15(7-10)8-12(16)19-11/h3-5,7H,2,6,8H2,1H3. The van der Waals surface area contributed by atoms with E-state index < -0.39 is 0 Å². The molecule has 0 saturated carbocycles. The molecule has 0 aromatic heterocycles. The average molecular weight is 259 g/mol. The van der Waals surface area contributed by atoms with Crippen LogP contribution in [0.3, 0.4) is 0 Å². The van der Waals surface area contributed by atoms with Crippen LogP contribution in [-0.4, -0.2) is 25.1 Å². The van der Waals surface area contributed by atoms with Crippen molar-refractivity contribution in [1.82, 2.24) is 0 Å². The van der Waals surface area contributed by atoms with Crippen LogP contribution in [0.25, 0.3) is 0 Å². The highest BCUT2D eigenvalue weighted by Gasteiger charge is 2.30. The van der Waals surface area contributed by atoms with E-state index in [-0.39, 0.29) is 18.5 Å². The Morgan fingerprint density at radius 3 is 3.11 bits per heavy atom. The highest BCUT2D eigenvalue weighted by Crippen LogP contribution is 2.39. The highest BCUT2D eigenvalue weighted by atomic mass is 16.5. The fraction of sp³-hybridized carbons (Fsp3) is 0.286. The fourth-order valence-electron chi connectivity index (χ4n) is 2.39. The first-order valence-corrected chi connectivity index (χ1v) is 6.16. The van der Waals surface area contributed by atoms with Crippen LogP contribution >= 0.6 is 0 Å². The van der Waals surface area contributed by atoms with Crippen LogP contribution in [0, 0.1) is 0 Å². The summed E-state index contributed by atoms with van der Waals surface area (Å²) < 4.78 is 10.2. The number of carbonyl (C=O) groups is 2. The SMILES string of the molecule is CCOC(=O)C1=CN2CC(=O)Oc3cccc(c32)C1. The van der Waals surface area contributed by atoms with Gasteiger partial charge in [0.25, 0.3) is 0 Å². The van der Waals surface area contributed by atoms with Crippen molar-refractivity contribution in [2.75, 3.05) is 18.1 Å². The summed E-state index contributed by atoms with van der Waals surface area (Å²) in [7, 11) is 0. The average Bonchev–Trinajstić information content (AvgIpc) is 2.38. The van der Waals surface area contributed by atoms with Gasteiger partial charge < -0.3 is 14.4 Å². The van der Waals surface area contributed by atoms with Gasteiger partial charge in [0.2, 0.25) is 0 Å². The molecular weight excluding hydrogens is 246 g/mol. The zero-order valence-electron chi connectivity index (χ0n) is 10.5. The van der Waals surface area contributed by atoms with E-state index in [2.05, 4.69) is 0 Å². The van der Waals surface area contributed by atoms with E-state index in [0.717, 1.165) is 11.3 Å². The number of hydrogen-bond donors (Lipinski definition) is 0. The largest absolute Gasteiger partial charge is 0.463 e. The summed E-state index contributed by atoms with van der Waals surface area (Å²) in [6.07, 6.45) is 2.18. The van der Waals surface area contributed by atoms with Crippen molar-refractivity contribution in [1.29, 1.82) is 0 Å². The minimum absolute atomic E-state index is 0.118. The Balaban J connectivity index is 2.01. The molecule has 5 nitrogen and oxygen atoms in total. The topological polar surface area (TPSA) is 55.8 Å². The van der Waals surface area contributed by atoms with Crippen molar-refractivity contribution in [3.8, 4) is 5.75 Å². The number of anilines is 1. The number of benzene rings is 1. The number of esters is 2. The van der Waals surface area contributed by atoms with Gasteiger partial charge in [-0.2, -0.15) is 0 Å². The smallest absolute Gasteiger partial charge is 0.335 e. The van der Waals surface area contributed by atoms with Crippen LogP contribution in [0.2, 0.25) is 0 Å². The van der Waals surface area contributed by atoms with E-state index in [1.807, 2.05) is 12.1 Å². The first-order valence-electron chi connectivity index (χ1n) is 6.16. The Bertz CT molecular complexity index is 591. The Labute approximate surface area is 110 Å². The van der Waals surface area contributed by atoms with Crippen molar-refractivity contribution in [3.63, 3.8) is 0 Å². The maximum absolute atomic E-state index is 11.8. The number of nitrogens with zero attached hydrogens (tertiary/aromatic N) is 1. The third-order valence-corrected chi connectivity index (χ3v) is 3.12. The number of rotatable bonds is 2. The molecule has 1 aromatic rings. The maximum atomic E-state index is 11.8. The molecule has 0 amide bonds. The molecule has 3 rings (SSSR count). The van der Waals surface area contributed by atoms with Gasteiger partial charge in [-0.3, -0.25) is 0 Å². The first kappa shape index (κ1) is 11.8. The molecule has 19 heavy (non-hydrogen) atoms. The lowest BCUT2D eigenvalue weighted by molar-refractivity contribution is -0.139. The Hall–Kier alpha value is -2.30. The summed E-state index contributed by atoms with van der Waals surface area (Å²) in [6, 6.07) is 5.50. The zero-order valence-corrected chi connectivity index (χ0v) is 10.5. The van der Waals surface area contributed by atoms with Gasteiger partial charge in [0.15, 0.2) is 5.75 Å². The normalized spacial score (nSPS) is 16.4. The van der Waals surface area contributed by atoms with E-state index in [4.69, 9.17) is 9.47 Å². The second kappa shape index (κ2) is 4.42.